The van der Waals surface area contributed by atoms with Gasteiger partial charge in [-0.15, -0.1) is 11.3 Å². The minimum Gasteiger partial charge on any atom is -0.350 e. The zero-order chi connectivity index (χ0) is 19.4. The van der Waals surface area contributed by atoms with E-state index in [1.807, 2.05) is 22.4 Å². The molecule has 1 fully saturated rings. The average Bonchev–Trinajstić information content (AvgIpc) is 3.14. The lowest BCUT2D eigenvalue weighted by molar-refractivity contribution is -0.122. The van der Waals surface area contributed by atoms with E-state index >= 15 is 0 Å². The molecule has 2 aromatic rings. The molecule has 1 aromatic carbocycles. The van der Waals surface area contributed by atoms with E-state index in [0.29, 0.717) is 19.6 Å². The van der Waals surface area contributed by atoms with E-state index in [1.165, 1.54) is 0 Å². The van der Waals surface area contributed by atoms with Crippen molar-refractivity contribution >= 4 is 27.3 Å². The van der Waals surface area contributed by atoms with Crippen LogP contribution >= 0.6 is 11.3 Å². The fourth-order valence-electron chi connectivity index (χ4n) is 2.84. The minimum absolute atomic E-state index is 0.0638. The van der Waals surface area contributed by atoms with Crippen molar-refractivity contribution in [1.29, 1.82) is 0 Å². The second-order valence-electron chi connectivity index (χ2n) is 6.09. The minimum atomic E-state index is -4.26. The maximum atomic E-state index is 13.8. The van der Waals surface area contributed by atoms with Crippen LogP contribution in [-0.2, 0) is 21.4 Å². The number of carbonyl (C=O) groups excluding carboxylic acids is 1. The van der Waals surface area contributed by atoms with Gasteiger partial charge in [0, 0.05) is 31.1 Å². The highest BCUT2D eigenvalue weighted by atomic mass is 32.2. The zero-order valence-electron chi connectivity index (χ0n) is 14.4. The molecule has 0 saturated carbocycles. The number of hydrogen-bond donors (Lipinski definition) is 1. The van der Waals surface area contributed by atoms with Gasteiger partial charge < -0.3 is 5.32 Å². The third-order valence-corrected chi connectivity index (χ3v) is 7.08. The smallest absolute Gasteiger partial charge is 0.249 e. The van der Waals surface area contributed by atoms with Crippen LogP contribution in [0.4, 0.5) is 8.78 Å². The largest absolute Gasteiger partial charge is 0.350 e. The summed E-state index contributed by atoms with van der Waals surface area (Å²) in [5.41, 5.74) is 0. The van der Waals surface area contributed by atoms with E-state index in [1.54, 1.807) is 11.3 Å². The molecule has 3 rings (SSSR count). The first-order chi connectivity index (χ1) is 12.9. The molecule has 0 spiro atoms. The predicted octanol–water partition coefficient (Wildman–Crippen LogP) is 1.65. The number of halogens is 2. The van der Waals surface area contributed by atoms with Crippen molar-refractivity contribution in [2.45, 2.75) is 11.4 Å². The number of sulfonamides is 1. The Labute approximate surface area is 160 Å². The van der Waals surface area contributed by atoms with Crippen LogP contribution in [0, 0.1) is 11.6 Å². The summed E-state index contributed by atoms with van der Waals surface area (Å²) in [7, 11) is -4.26. The quantitative estimate of drug-likeness (QED) is 0.779. The number of hydrogen-bond acceptors (Lipinski definition) is 5. The van der Waals surface area contributed by atoms with Crippen molar-refractivity contribution in [1.82, 2.24) is 14.5 Å². The van der Waals surface area contributed by atoms with Gasteiger partial charge in [0.2, 0.25) is 15.9 Å². The maximum Gasteiger partial charge on any atom is 0.249 e. The molecule has 2 heterocycles. The maximum absolute atomic E-state index is 13.8. The van der Waals surface area contributed by atoms with Gasteiger partial charge in [0.1, 0.15) is 11.6 Å². The van der Waals surface area contributed by atoms with Crippen LogP contribution in [0.1, 0.15) is 4.88 Å². The molecular formula is C17H19F2N3O3S2. The number of benzene rings is 1. The lowest BCUT2D eigenvalue weighted by Crippen LogP contribution is -2.51. The highest BCUT2D eigenvalue weighted by molar-refractivity contribution is 7.89. The molecule has 1 saturated heterocycles. The summed E-state index contributed by atoms with van der Waals surface area (Å²) >= 11 is 1.55. The van der Waals surface area contributed by atoms with Crippen LogP contribution < -0.4 is 5.32 Å². The summed E-state index contributed by atoms with van der Waals surface area (Å²) < 4.78 is 53.8. The summed E-state index contributed by atoms with van der Waals surface area (Å²) in [6.45, 7) is 1.34. The topological polar surface area (TPSA) is 69.7 Å². The number of rotatable bonds is 6. The summed E-state index contributed by atoms with van der Waals surface area (Å²) in [6.07, 6.45) is 0. The highest BCUT2D eigenvalue weighted by Gasteiger charge is 2.33. The monoisotopic (exact) mass is 415 g/mol. The Morgan fingerprint density at radius 3 is 2.33 bits per heavy atom. The van der Waals surface area contributed by atoms with Crippen LogP contribution in [0.3, 0.4) is 0 Å². The third-order valence-electron chi connectivity index (χ3n) is 4.26. The van der Waals surface area contributed by atoms with E-state index in [0.717, 1.165) is 27.4 Å². The Balaban J connectivity index is 1.54. The Bertz CT molecular complexity index is 876. The average molecular weight is 415 g/mol. The van der Waals surface area contributed by atoms with E-state index in [2.05, 4.69) is 5.32 Å². The van der Waals surface area contributed by atoms with E-state index in [9.17, 15) is 22.0 Å². The van der Waals surface area contributed by atoms with Crippen molar-refractivity contribution in [3.8, 4) is 0 Å². The molecule has 1 amide bonds. The molecule has 27 heavy (non-hydrogen) atoms. The van der Waals surface area contributed by atoms with Gasteiger partial charge in [-0.05, 0) is 23.6 Å². The van der Waals surface area contributed by atoms with E-state index in [-0.39, 0.29) is 25.5 Å². The number of thiophene rings is 1. The molecule has 0 bridgehead atoms. The molecule has 0 radical (unpaired) electrons. The molecular weight excluding hydrogens is 396 g/mol. The van der Waals surface area contributed by atoms with E-state index in [4.69, 9.17) is 0 Å². The summed E-state index contributed by atoms with van der Waals surface area (Å²) in [4.78, 5) is 14.0. The molecule has 1 aliphatic rings. The molecule has 1 N–H and O–H groups in total. The number of piperazine rings is 1. The van der Waals surface area contributed by atoms with Crippen molar-refractivity contribution < 1.29 is 22.0 Å². The number of amides is 1. The van der Waals surface area contributed by atoms with Crippen molar-refractivity contribution in [3.05, 3.63) is 52.2 Å². The van der Waals surface area contributed by atoms with Crippen LogP contribution in [0.15, 0.2) is 40.6 Å². The summed E-state index contributed by atoms with van der Waals surface area (Å²) in [5.74, 6) is -2.37. The molecule has 0 atom stereocenters. The van der Waals surface area contributed by atoms with Gasteiger partial charge in [0.05, 0.1) is 13.1 Å². The van der Waals surface area contributed by atoms with Gasteiger partial charge in [-0.1, -0.05) is 12.1 Å². The third kappa shape index (κ3) is 4.70. The summed E-state index contributed by atoms with van der Waals surface area (Å²) in [6, 6.07) is 6.80. The van der Waals surface area contributed by atoms with Crippen LogP contribution in [-0.4, -0.2) is 56.3 Å². The van der Waals surface area contributed by atoms with Crippen LogP contribution in [0.5, 0.6) is 0 Å². The molecule has 6 nitrogen and oxygen atoms in total. The lowest BCUT2D eigenvalue weighted by Gasteiger charge is -2.33. The Morgan fingerprint density at radius 2 is 1.74 bits per heavy atom. The number of nitrogens with one attached hydrogen (secondary N) is 1. The van der Waals surface area contributed by atoms with Crippen molar-refractivity contribution in [3.63, 3.8) is 0 Å². The molecule has 0 aliphatic carbocycles. The first-order valence-corrected chi connectivity index (χ1v) is 10.7. The van der Waals surface area contributed by atoms with Crippen LogP contribution in [0.2, 0.25) is 0 Å². The van der Waals surface area contributed by atoms with E-state index < -0.39 is 26.6 Å². The van der Waals surface area contributed by atoms with Gasteiger partial charge >= 0.3 is 0 Å². The van der Waals surface area contributed by atoms with Crippen LogP contribution in [0.25, 0.3) is 0 Å². The molecule has 0 unspecified atom stereocenters. The van der Waals surface area contributed by atoms with Crippen molar-refractivity contribution in [2.75, 3.05) is 32.7 Å². The number of nitrogens with zero attached hydrogens (tertiary/aromatic N) is 2. The van der Waals surface area contributed by atoms with Gasteiger partial charge in [0.25, 0.3) is 0 Å². The predicted molar refractivity (Wildman–Crippen MR) is 97.7 cm³/mol. The summed E-state index contributed by atoms with van der Waals surface area (Å²) in [5, 5.41) is 4.74. The second kappa shape index (κ2) is 8.42. The molecule has 1 aromatic heterocycles. The highest BCUT2D eigenvalue weighted by Crippen LogP contribution is 2.23. The first kappa shape index (κ1) is 19.9. The molecule has 10 heteroatoms. The SMILES string of the molecule is O=C(CN1CCN(S(=O)(=O)c2c(F)cccc2F)CC1)NCc1cccs1. The normalized spacial score (nSPS) is 16.4. The Kier molecular flexibility index (Phi) is 6.20. The molecule has 1 aliphatic heterocycles. The second-order valence-corrected chi connectivity index (χ2v) is 8.99. The van der Waals surface area contributed by atoms with Gasteiger partial charge in [-0.2, -0.15) is 4.31 Å². The number of carbonyl (C=O) groups is 1. The standard InChI is InChI=1S/C17H19F2N3O3S2/c18-14-4-1-5-15(19)17(14)27(24,25)22-8-6-21(7-9-22)12-16(23)20-11-13-3-2-10-26-13/h1-5,10H,6-9,11-12H2,(H,20,23). The fraction of sp³-hybridized carbons (Fsp3) is 0.353. The molecule has 146 valence electrons. The fourth-order valence-corrected chi connectivity index (χ4v) is 5.02. The first-order valence-electron chi connectivity index (χ1n) is 8.33. The zero-order valence-corrected chi connectivity index (χ0v) is 16.0. The van der Waals surface area contributed by atoms with Gasteiger partial charge in [0.15, 0.2) is 4.90 Å². The van der Waals surface area contributed by atoms with Crippen molar-refractivity contribution in [2.24, 2.45) is 0 Å². The van der Waals surface area contributed by atoms with Gasteiger partial charge in [-0.3, -0.25) is 9.69 Å². The Hall–Kier alpha value is -1.88. The Morgan fingerprint density at radius 1 is 1.07 bits per heavy atom. The van der Waals surface area contributed by atoms with Gasteiger partial charge in [-0.25, -0.2) is 17.2 Å². The lowest BCUT2D eigenvalue weighted by atomic mass is 10.3.